The van der Waals surface area contributed by atoms with Crippen LogP contribution in [0.15, 0.2) is 24.3 Å². The second-order valence-electron chi connectivity index (χ2n) is 6.45. The van der Waals surface area contributed by atoms with Gasteiger partial charge in [-0.2, -0.15) is 0 Å². The van der Waals surface area contributed by atoms with E-state index < -0.39 is 0 Å². The van der Waals surface area contributed by atoms with Gasteiger partial charge in [0.25, 0.3) is 0 Å². The quantitative estimate of drug-likeness (QED) is 0.881. The zero-order valence-corrected chi connectivity index (χ0v) is 14.8. The third-order valence-corrected chi connectivity index (χ3v) is 5.11. The van der Waals surface area contributed by atoms with E-state index in [1.165, 1.54) is 6.42 Å². The Morgan fingerprint density at radius 3 is 2.71 bits per heavy atom. The van der Waals surface area contributed by atoms with Crippen LogP contribution < -0.4 is 10.1 Å². The first kappa shape index (κ1) is 17.5. The number of carbonyl (C=O) groups excluding carboxylic acids is 1. The number of rotatable bonds is 5. The van der Waals surface area contributed by atoms with Crippen molar-refractivity contribution in [2.45, 2.75) is 25.3 Å². The summed E-state index contributed by atoms with van der Waals surface area (Å²) in [5, 5.41) is 3.99. The SMILES string of the molecule is O=C([C@H]1CCCCN1)N1CCN(CCOc2ccccc2Cl)CC1. The van der Waals surface area contributed by atoms with Crippen LogP contribution >= 0.6 is 11.6 Å². The van der Waals surface area contributed by atoms with E-state index in [9.17, 15) is 4.79 Å². The van der Waals surface area contributed by atoms with Crippen molar-refractivity contribution in [1.29, 1.82) is 0 Å². The van der Waals surface area contributed by atoms with Crippen LogP contribution in [-0.2, 0) is 4.79 Å². The molecule has 2 aliphatic rings. The Bertz CT molecular complexity index is 541. The van der Waals surface area contributed by atoms with Gasteiger partial charge in [0.2, 0.25) is 5.91 Å². The van der Waals surface area contributed by atoms with Crippen LogP contribution in [0.2, 0.25) is 5.02 Å². The number of hydrogen-bond donors (Lipinski definition) is 1. The van der Waals surface area contributed by atoms with E-state index in [0.29, 0.717) is 11.6 Å². The van der Waals surface area contributed by atoms with Gasteiger partial charge in [-0.3, -0.25) is 9.69 Å². The predicted molar refractivity (Wildman–Crippen MR) is 95.6 cm³/mol. The number of carbonyl (C=O) groups is 1. The number of nitrogens with one attached hydrogen (secondary N) is 1. The zero-order chi connectivity index (χ0) is 16.8. The van der Waals surface area contributed by atoms with Crippen molar-refractivity contribution in [2.24, 2.45) is 0 Å². The second-order valence-corrected chi connectivity index (χ2v) is 6.86. The molecule has 2 aliphatic heterocycles. The average molecular weight is 352 g/mol. The second kappa shape index (κ2) is 8.70. The third kappa shape index (κ3) is 4.62. The average Bonchev–Trinajstić information content (AvgIpc) is 2.64. The third-order valence-electron chi connectivity index (χ3n) is 4.79. The Morgan fingerprint density at radius 2 is 2.00 bits per heavy atom. The predicted octanol–water partition coefficient (Wildman–Crippen LogP) is 2.01. The molecule has 1 amide bonds. The van der Waals surface area contributed by atoms with Gasteiger partial charge in [0.15, 0.2) is 0 Å². The minimum atomic E-state index is 0.0360. The largest absolute Gasteiger partial charge is 0.491 e. The molecule has 132 valence electrons. The first-order chi connectivity index (χ1) is 11.7. The van der Waals surface area contributed by atoms with Gasteiger partial charge < -0.3 is 15.0 Å². The van der Waals surface area contributed by atoms with E-state index in [1.54, 1.807) is 0 Å². The van der Waals surface area contributed by atoms with Crippen LogP contribution in [0, 0.1) is 0 Å². The number of nitrogens with zero attached hydrogens (tertiary/aromatic N) is 2. The van der Waals surface area contributed by atoms with E-state index in [2.05, 4.69) is 10.2 Å². The summed E-state index contributed by atoms with van der Waals surface area (Å²) in [6.45, 7) is 5.87. The minimum Gasteiger partial charge on any atom is -0.491 e. The molecule has 2 saturated heterocycles. The van der Waals surface area contributed by atoms with Crippen molar-refractivity contribution in [3.63, 3.8) is 0 Å². The summed E-state index contributed by atoms with van der Waals surface area (Å²) in [6, 6.07) is 7.57. The van der Waals surface area contributed by atoms with Gasteiger partial charge in [-0.15, -0.1) is 0 Å². The molecule has 0 radical (unpaired) electrons. The molecule has 0 unspecified atom stereocenters. The number of amides is 1. The molecule has 1 aromatic rings. The summed E-state index contributed by atoms with van der Waals surface area (Å²) >= 11 is 6.08. The van der Waals surface area contributed by atoms with Crippen LogP contribution in [0.25, 0.3) is 0 Å². The fourth-order valence-electron chi connectivity index (χ4n) is 3.32. The summed E-state index contributed by atoms with van der Waals surface area (Å²) < 4.78 is 5.74. The lowest BCUT2D eigenvalue weighted by Gasteiger charge is -2.37. The molecule has 0 bridgehead atoms. The van der Waals surface area contributed by atoms with Gasteiger partial charge in [-0.1, -0.05) is 30.2 Å². The number of para-hydroxylation sites is 1. The van der Waals surface area contributed by atoms with E-state index in [1.807, 2.05) is 29.2 Å². The summed E-state index contributed by atoms with van der Waals surface area (Å²) in [5.41, 5.74) is 0. The standard InChI is InChI=1S/C18H26ClN3O2/c19-15-5-1-2-7-17(15)24-14-13-21-9-11-22(12-10-21)18(23)16-6-3-4-8-20-16/h1-2,5,7,16,20H,3-4,6,8-14H2/t16-/m1/s1. The highest BCUT2D eigenvalue weighted by atomic mass is 35.5. The Labute approximate surface area is 148 Å². The maximum Gasteiger partial charge on any atom is 0.239 e. The summed E-state index contributed by atoms with van der Waals surface area (Å²) in [5.74, 6) is 1.01. The van der Waals surface area contributed by atoms with Crippen molar-refractivity contribution < 1.29 is 9.53 Å². The maximum absolute atomic E-state index is 12.5. The normalized spacial score (nSPS) is 22.4. The number of benzene rings is 1. The minimum absolute atomic E-state index is 0.0360. The highest BCUT2D eigenvalue weighted by Gasteiger charge is 2.28. The molecular formula is C18H26ClN3O2. The number of piperidine rings is 1. The Balaban J connectivity index is 1.37. The topological polar surface area (TPSA) is 44.8 Å². The molecule has 24 heavy (non-hydrogen) atoms. The summed E-state index contributed by atoms with van der Waals surface area (Å²) in [4.78, 5) is 16.9. The smallest absolute Gasteiger partial charge is 0.239 e. The van der Waals surface area contributed by atoms with Gasteiger partial charge in [-0.05, 0) is 31.5 Å². The number of hydrogen-bond acceptors (Lipinski definition) is 4. The van der Waals surface area contributed by atoms with E-state index in [4.69, 9.17) is 16.3 Å². The highest BCUT2D eigenvalue weighted by molar-refractivity contribution is 6.32. The lowest BCUT2D eigenvalue weighted by molar-refractivity contribution is -0.135. The monoisotopic (exact) mass is 351 g/mol. The fraction of sp³-hybridized carbons (Fsp3) is 0.611. The lowest BCUT2D eigenvalue weighted by Crippen LogP contribution is -2.55. The Kier molecular flexibility index (Phi) is 6.35. The summed E-state index contributed by atoms with van der Waals surface area (Å²) in [6.07, 6.45) is 3.32. The maximum atomic E-state index is 12.5. The number of piperazine rings is 1. The van der Waals surface area contributed by atoms with Crippen LogP contribution in [0.5, 0.6) is 5.75 Å². The molecule has 2 heterocycles. The molecule has 0 spiro atoms. The molecule has 2 fully saturated rings. The van der Waals surface area contributed by atoms with Crippen LogP contribution in [0.4, 0.5) is 0 Å². The number of ether oxygens (including phenoxy) is 1. The molecule has 1 atom stereocenters. The molecule has 3 rings (SSSR count). The number of halogens is 1. The molecular weight excluding hydrogens is 326 g/mol. The Morgan fingerprint density at radius 1 is 1.21 bits per heavy atom. The van der Waals surface area contributed by atoms with Crippen molar-refractivity contribution in [1.82, 2.24) is 15.1 Å². The van der Waals surface area contributed by atoms with Crippen molar-refractivity contribution in [2.75, 3.05) is 45.9 Å². The van der Waals surface area contributed by atoms with E-state index in [0.717, 1.165) is 57.9 Å². The van der Waals surface area contributed by atoms with Crippen LogP contribution in [0.3, 0.4) is 0 Å². The van der Waals surface area contributed by atoms with E-state index >= 15 is 0 Å². The molecule has 6 heteroatoms. The van der Waals surface area contributed by atoms with E-state index in [-0.39, 0.29) is 11.9 Å². The first-order valence-electron chi connectivity index (χ1n) is 8.86. The van der Waals surface area contributed by atoms with Crippen LogP contribution in [0.1, 0.15) is 19.3 Å². The molecule has 1 aromatic carbocycles. The highest BCUT2D eigenvalue weighted by Crippen LogP contribution is 2.23. The van der Waals surface area contributed by atoms with Gasteiger partial charge in [0.05, 0.1) is 11.1 Å². The van der Waals surface area contributed by atoms with Gasteiger partial charge in [-0.25, -0.2) is 0 Å². The lowest BCUT2D eigenvalue weighted by atomic mass is 10.0. The van der Waals surface area contributed by atoms with Gasteiger partial charge in [0.1, 0.15) is 12.4 Å². The molecule has 0 saturated carbocycles. The molecule has 5 nitrogen and oxygen atoms in total. The van der Waals surface area contributed by atoms with Gasteiger partial charge in [0, 0.05) is 32.7 Å². The van der Waals surface area contributed by atoms with Crippen molar-refractivity contribution in [3.05, 3.63) is 29.3 Å². The molecule has 1 N–H and O–H groups in total. The molecule has 0 aromatic heterocycles. The first-order valence-corrected chi connectivity index (χ1v) is 9.24. The van der Waals surface area contributed by atoms with Gasteiger partial charge >= 0.3 is 0 Å². The van der Waals surface area contributed by atoms with Crippen molar-refractivity contribution >= 4 is 17.5 Å². The van der Waals surface area contributed by atoms with Crippen LogP contribution in [-0.4, -0.2) is 67.6 Å². The fourth-order valence-corrected chi connectivity index (χ4v) is 3.51. The zero-order valence-electron chi connectivity index (χ0n) is 14.0. The summed E-state index contributed by atoms with van der Waals surface area (Å²) in [7, 11) is 0. The Hall–Kier alpha value is -1.30. The van der Waals surface area contributed by atoms with Crippen molar-refractivity contribution in [3.8, 4) is 5.75 Å². The molecule has 0 aliphatic carbocycles.